The van der Waals surface area contributed by atoms with Crippen molar-refractivity contribution in [2.24, 2.45) is 0 Å². The molecule has 1 aliphatic rings. The number of sulfonamides is 1. The van der Waals surface area contributed by atoms with Gasteiger partial charge in [-0.1, -0.05) is 12.8 Å². The summed E-state index contributed by atoms with van der Waals surface area (Å²) in [4.78, 5) is 2.14. The minimum Gasteiger partial charge on any atom is -0.398 e. The van der Waals surface area contributed by atoms with Gasteiger partial charge in [-0.2, -0.15) is 0 Å². The zero-order chi connectivity index (χ0) is 14.1. The number of nitrogens with one attached hydrogen (secondary N) is 1. The van der Waals surface area contributed by atoms with Crippen molar-refractivity contribution >= 4 is 27.0 Å². The standard InChI is InChI=1S/C12H21N3O2S2/c1-15(2)12(5-3-4-6-12)9-14-19(16,17)11-7-10(13)8-18-11/h7-8,14H,3-6,9,13H2,1-2H3. The van der Waals surface area contributed by atoms with Gasteiger partial charge in [0.15, 0.2) is 0 Å². The lowest BCUT2D eigenvalue weighted by Crippen LogP contribution is -2.50. The summed E-state index contributed by atoms with van der Waals surface area (Å²) in [6.07, 6.45) is 4.39. The van der Waals surface area contributed by atoms with Crippen LogP contribution in [0, 0.1) is 0 Å². The number of hydrogen-bond donors (Lipinski definition) is 2. The van der Waals surface area contributed by atoms with Crippen LogP contribution in [0.4, 0.5) is 5.69 Å². The Kier molecular flexibility index (Phi) is 4.20. The van der Waals surface area contributed by atoms with E-state index in [1.807, 2.05) is 14.1 Å². The topological polar surface area (TPSA) is 75.4 Å². The van der Waals surface area contributed by atoms with E-state index < -0.39 is 10.0 Å². The summed E-state index contributed by atoms with van der Waals surface area (Å²) in [5.74, 6) is 0. The fourth-order valence-corrected chi connectivity index (χ4v) is 4.83. The first-order valence-corrected chi connectivity index (χ1v) is 8.73. The van der Waals surface area contributed by atoms with E-state index in [9.17, 15) is 8.42 Å². The number of nitrogen functional groups attached to an aromatic ring is 1. The molecule has 1 aliphatic carbocycles. The molecule has 3 N–H and O–H groups in total. The third-order valence-electron chi connectivity index (χ3n) is 3.93. The first kappa shape index (κ1) is 14.8. The second kappa shape index (κ2) is 5.40. The Morgan fingerprint density at radius 3 is 2.53 bits per heavy atom. The summed E-state index contributed by atoms with van der Waals surface area (Å²) in [5, 5.41) is 1.64. The zero-order valence-corrected chi connectivity index (χ0v) is 13.0. The molecule has 0 aromatic carbocycles. The molecule has 1 fully saturated rings. The summed E-state index contributed by atoms with van der Waals surface area (Å²) in [6, 6.07) is 1.50. The molecule has 1 saturated carbocycles. The fourth-order valence-electron chi connectivity index (χ4n) is 2.59. The lowest BCUT2D eigenvalue weighted by atomic mass is 9.97. The van der Waals surface area contributed by atoms with Gasteiger partial charge in [0.05, 0.1) is 0 Å². The van der Waals surface area contributed by atoms with Crippen molar-refractivity contribution < 1.29 is 8.42 Å². The average Bonchev–Trinajstić information content (AvgIpc) is 2.96. The lowest BCUT2D eigenvalue weighted by molar-refractivity contribution is 0.162. The predicted octanol–water partition coefficient (Wildman–Crippen LogP) is 1.48. The number of rotatable bonds is 5. The van der Waals surface area contributed by atoms with E-state index in [2.05, 4.69) is 9.62 Å². The first-order valence-electron chi connectivity index (χ1n) is 6.37. The summed E-state index contributed by atoms with van der Waals surface area (Å²) in [6.45, 7) is 0.458. The molecule has 1 aromatic heterocycles. The van der Waals surface area contributed by atoms with Crippen LogP contribution in [0.3, 0.4) is 0 Å². The van der Waals surface area contributed by atoms with E-state index in [0.717, 1.165) is 37.0 Å². The van der Waals surface area contributed by atoms with Crippen molar-refractivity contribution in [1.29, 1.82) is 0 Å². The van der Waals surface area contributed by atoms with E-state index in [-0.39, 0.29) is 9.75 Å². The van der Waals surface area contributed by atoms with Gasteiger partial charge in [-0.25, -0.2) is 13.1 Å². The second-order valence-electron chi connectivity index (χ2n) is 5.35. The normalized spacial score (nSPS) is 19.1. The maximum atomic E-state index is 12.2. The summed E-state index contributed by atoms with van der Waals surface area (Å²) >= 11 is 1.16. The minimum atomic E-state index is -3.44. The van der Waals surface area contributed by atoms with E-state index in [1.54, 1.807) is 5.38 Å². The number of nitrogens with zero attached hydrogens (tertiary/aromatic N) is 1. The van der Waals surface area contributed by atoms with Crippen LogP contribution >= 0.6 is 11.3 Å². The van der Waals surface area contributed by atoms with Crippen LogP contribution in [-0.4, -0.2) is 39.5 Å². The Labute approximate surface area is 118 Å². The highest BCUT2D eigenvalue weighted by Crippen LogP contribution is 2.33. The Hall–Kier alpha value is -0.630. The molecule has 19 heavy (non-hydrogen) atoms. The Morgan fingerprint density at radius 2 is 2.05 bits per heavy atom. The third kappa shape index (κ3) is 3.10. The molecule has 0 aliphatic heterocycles. The monoisotopic (exact) mass is 303 g/mol. The Bertz CT molecular complexity index is 531. The summed E-state index contributed by atoms with van der Waals surface area (Å²) in [7, 11) is 0.597. The van der Waals surface area contributed by atoms with E-state index >= 15 is 0 Å². The first-order chi connectivity index (χ1) is 8.86. The van der Waals surface area contributed by atoms with Gasteiger partial charge >= 0.3 is 0 Å². The fraction of sp³-hybridized carbons (Fsp3) is 0.667. The van der Waals surface area contributed by atoms with Crippen LogP contribution in [0.25, 0.3) is 0 Å². The van der Waals surface area contributed by atoms with Gasteiger partial charge in [-0.15, -0.1) is 11.3 Å². The van der Waals surface area contributed by atoms with Crippen molar-refractivity contribution in [2.75, 3.05) is 26.4 Å². The predicted molar refractivity (Wildman–Crippen MR) is 78.8 cm³/mol. The van der Waals surface area contributed by atoms with Crippen molar-refractivity contribution in [1.82, 2.24) is 9.62 Å². The summed E-state index contributed by atoms with van der Waals surface area (Å²) in [5.41, 5.74) is 6.03. The average molecular weight is 303 g/mol. The van der Waals surface area contributed by atoms with Crippen molar-refractivity contribution in [3.8, 4) is 0 Å². The van der Waals surface area contributed by atoms with Gasteiger partial charge in [0.1, 0.15) is 4.21 Å². The van der Waals surface area contributed by atoms with Crippen LogP contribution < -0.4 is 10.5 Å². The number of hydrogen-bond acceptors (Lipinski definition) is 5. The molecule has 1 heterocycles. The number of nitrogens with two attached hydrogens (primary N) is 1. The summed E-state index contributed by atoms with van der Waals surface area (Å²) < 4.78 is 27.4. The van der Waals surface area contributed by atoms with Crippen molar-refractivity contribution in [2.45, 2.75) is 35.4 Å². The van der Waals surface area contributed by atoms with Crippen LogP contribution in [0.5, 0.6) is 0 Å². The maximum absolute atomic E-state index is 12.2. The molecule has 0 bridgehead atoms. The molecule has 1 aromatic rings. The van der Waals surface area contributed by atoms with Crippen LogP contribution in [0.1, 0.15) is 25.7 Å². The van der Waals surface area contributed by atoms with Gasteiger partial charge in [0, 0.05) is 23.2 Å². The van der Waals surface area contributed by atoms with Gasteiger partial charge in [0.2, 0.25) is 10.0 Å². The third-order valence-corrected chi connectivity index (χ3v) is 6.79. The van der Waals surface area contributed by atoms with Gasteiger partial charge in [-0.3, -0.25) is 0 Å². The highest BCUT2D eigenvalue weighted by atomic mass is 32.2. The maximum Gasteiger partial charge on any atom is 0.250 e. The highest BCUT2D eigenvalue weighted by molar-refractivity contribution is 7.91. The van der Waals surface area contributed by atoms with Crippen molar-refractivity contribution in [3.05, 3.63) is 11.4 Å². The second-order valence-corrected chi connectivity index (χ2v) is 8.25. The molecule has 0 atom stereocenters. The lowest BCUT2D eigenvalue weighted by Gasteiger charge is -2.36. The Morgan fingerprint density at radius 1 is 1.42 bits per heavy atom. The van der Waals surface area contributed by atoms with Gasteiger partial charge in [0.25, 0.3) is 0 Å². The SMILES string of the molecule is CN(C)C1(CNS(=O)(=O)c2cc(N)cs2)CCCC1. The molecular formula is C12H21N3O2S2. The van der Waals surface area contributed by atoms with E-state index in [1.165, 1.54) is 6.07 Å². The minimum absolute atomic E-state index is 0.0458. The van der Waals surface area contributed by atoms with E-state index in [4.69, 9.17) is 5.73 Å². The molecule has 108 valence electrons. The quantitative estimate of drug-likeness (QED) is 0.864. The number of thiophene rings is 1. The molecule has 5 nitrogen and oxygen atoms in total. The van der Waals surface area contributed by atoms with E-state index in [0.29, 0.717) is 12.2 Å². The van der Waals surface area contributed by atoms with Gasteiger partial charge < -0.3 is 10.6 Å². The number of anilines is 1. The molecular weight excluding hydrogens is 282 g/mol. The highest BCUT2D eigenvalue weighted by Gasteiger charge is 2.37. The molecule has 2 rings (SSSR count). The largest absolute Gasteiger partial charge is 0.398 e. The van der Waals surface area contributed by atoms with Crippen LogP contribution in [-0.2, 0) is 10.0 Å². The zero-order valence-electron chi connectivity index (χ0n) is 11.3. The smallest absolute Gasteiger partial charge is 0.250 e. The molecule has 7 heteroatoms. The molecule has 0 saturated heterocycles. The molecule has 0 amide bonds. The molecule has 0 spiro atoms. The Balaban J connectivity index is 2.09. The molecule has 0 unspecified atom stereocenters. The van der Waals surface area contributed by atoms with Gasteiger partial charge in [-0.05, 0) is 33.0 Å². The van der Waals surface area contributed by atoms with Crippen LogP contribution in [0.2, 0.25) is 0 Å². The van der Waals surface area contributed by atoms with Crippen LogP contribution in [0.15, 0.2) is 15.7 Å². The van der Waals surface area contributed by atoms with Crippen molar-refractivity contribution in [3.63, 3.8) is 0 Å². The number of likely N-dealkylation sites (N-methyl/N-ethyl adjacent to an activating group) is 1. The molecule has 0 radical (unpaired) electrons.